The van der Waals surface area contributed by atoms with Crippen molar-refractivity contribution in [3.05, 3.63) is 57.5 Å². The molecule has 2 aliphatic rings. The van der Waals surface area contributed by atoms with E-state index in [1.165, 1.54) is 0 Å². The van der Waals surface area contributed by atoms with E-state index < -0.39 is 0 Å². The average molecular weight is 440 g/mol. The Bertz CT molecular complexity index is 1150. The monoisotopic (exact) mass is 439 g/mol. The van der Waals surface area contributed by atoms with Crippen molar-refractivity contribution < 1.29 is 9.53 Å². The minimum atomic E-state index is -0.0408. The number of hydrogen-bond acceptors (Lipinski definition) is 5. The van der Waals surface area contributed by atoms with Crippen molar-refractivity contribution >= 4 is 23.2 Å². The normalized spacial score (nSPS) is 18.8. The van der Waals surface area contributed by atoms with Crippen LogP contribution in [0.2, 0.25) is 5.02 Å². The van der Waals surface area contributed by atoms with Gasteiger partial charge in [-0.25, -0.2) is 9.50 Å². The van der Waals surface area contributed by atoms with E-state index in [-0.39, 0.29) is 12.0 Å². The van der Waals surface area contributed by atoms with E-state index in [0.29, 0.717) is 29.4 Å². The molecule has 3 aromatic rings. The van der Waals surface area contributed by atoms with E-state index in [4.69, 9.17) is 16.3 Å². The minimum Gasteiger partial charge on any atom is -0.490 e. The van der Waals surface area contributed by atoms with Crippen LogP contribution in [0.3, 0.4) is 0 Å². The van der Waals surface area contributed by atoms with E-state index >= 15 is 0 Å². The van der Waals surface area contributed by atoms with Gasteiger partial charge in [0.25, 0.3) is 5.91 Å². The molecule has 4 heterocycles. The molecule has 2 aliphatic heterocycles. The number of amides is 1. The summed E-state index contributed by atoms with van der Waals surface area (Å²) in [6, 6.07) is 7.55. The second kappa shape index (κ2) is 8.13. The smallest absolute Gasteiger partial charge is 0.258 e. The number of benzene rings is 1. The number of nitrogens with one attached hydrogen (secondary N) is 1. The molecule has 7 nitrogen and oxygen atoms in total. The summed E-state index contributed by atoms with van der Waals surface area (Å²) in [4.78, 5) is 19.9. The zero-order chi connectivity index (χ0) is 21.5. The van der Waals surface area contributed by atoms with Gasteiger partial charge in [-0.2, -0.15) is 5.10 Å². The second-order valence-corrected chi connectivity index (χ2v) is 8.71. The first-order chi connectivity index (χ1) is 15.0. The number of aryl methyl sites for hydroxylation is 2. The molecule has 0 radical (unpaired) electrons. The molecule has 1 fully saturated rings. The Kier molecular flexibility index (Phi) is 5.32. The van der Waals surface area contributed by atoms with E-state index in [1.807, 2.05) is 43.0 Å². The number of hydrogen-bond donors (Lipinski definition) is 1. The Morgan fingerprint density at radius 3 is 2.90 bits per heavy atom. The molecule has 5 rings (SSSR count). The molecule has 0 spiro atoms. The fourth-order valence-electron chi connectivity index (χ4n) is 4.46. The van der Waals surface area contributed by atoms with Gasteiger partial charge in [-0.15, -0.1) is 0 Å². The Morgan fingerprint density at radius 1 is 1.19 bits per heavy atom. The van der Waals surface area contributed by atoms with Crippen LogP contribution >= 0.6 is 11.6 Å². The standard InChI is InChI=1S/C23H26ClN5O2/c1-14-21(24)15(2)29-22(26-14)18-12-28(13-19(18)27-29)23(30)17-7-3-4-8-20(17)31-16-6-5-10-25-11-9-16/h3-4,7-8,16,25H,5-6,9-13H2,1-2H3. The molecule has 0 bridgehead atoms. The molecule has 1 amide bonds. The molecular weight excluding hydrogens is 414 g/mol. The molecular formula is C23H26ClN5O2. The third kappa shape index (κ3) is 3.66. The van der Waals surface area contributed by atoms with Crippen LogP contribution in [0, 0.1) is 13.8 Å². The quantitative estimate of drug-likeness (QED) is 0.674. The lowest BCUT2D eigenvalue weighted by Crippen LogP contribution is -2.27. The summed E-state index contributed by atoms with van der Waals surface area (Å²) >= 11 is 6.34. The lowest BCUT2D eigenvalue weighted by atomic mass is 10.1. The van der Waals surface area contributed by atoms with E-state index in [1.54, 1.807) is 4.52 Å². The van der Waals surface area contributed by atoms with Crippen molar-refractivity contribution in [1.82, 2.24) is 24.8 Å². The van der Waals surface area contributed by atoms with Crippen LogP contribution in [0.1, 0.15) is 52.3 Å². The predicted molar refractivity (Wildman–Crippen MR) is 119 cm³/mol. The zero-order valence-corrected chi connectivity index (χ0v) is 18.6. The van der Waals surface area contributed by atoms with Gasteiger partial charge in [0, 0.05) is 5.56 Å². The molecule has 162 valence electrons. The number of rotatable bonds is 3. The Balaban J connectivity index is 1.40. The summed E-state index contributed by atoms with van der Waals surface area (Å²) in [5, 5.41) is 8.71. The number of halogens is 1. The van der Waals surface area contributed by atoms with Gasteiger partial charge in [-0.1, -0.05) is 23.7 Å². The van der Waals surface area contributed by atoms with Crippen LogP contribution in [-0.2, 0) is 13.1 Å². The maximum Gasteiger partial charge on any atom is 0.258 e. The van der Waals surface area contributed by atoms with Gasteiger partial charge < -0.3 is 15.0 Å². The van der Waals surface area contributed by atoms with E-state index in [9.17, 15) is 4.79 Å². The number of para-hydroxylation sites is 1. The lowest BCUT2D eigenvalue weighted by Gasteiger charge is -2.21. The van der Waals surface area contributed by atoms with Gasteiger partial charge >= 0.3 is 0 Å². The number of aromatic nitrogens is 3. The van der Waals surface area contributed by atoms with Crippen molar-refractivity contribution in [3.8, 4) is 5.75 Å². The molecule has 1 aromatic carbocycles. The number of fused-ring (bicyclic) bond motifs is 3. The zero-order valence-electron chi connectivity index (χ0n) is 17.8. The molecule has 1 unspecified atom stereocenters. The van der Waals surface area contributed by atoms with Crippen molar-refractivity contribution in [2.45, 2.75) is 52.3 Å². The minimum absolute atomic E-state index is 0.0408. The first-order valence-electron chi connectivity index (χ1n) is 10.8. The van der Waals surface area contributed by atoms with E-state index in [0.717, 1.165) is 60.6 Å². The van der Waals surface area contributed by atoms with Crippen molar-refractivity contribution in [1.29, 1.82) is 0 Å². The molecule has 1 atom stereocenters. The molecule has 8 heteroatoms. The van der Waals surface area contributed by atoms with E-state index in [2.05, 4.69) is 15.4 Å². The number of nitrogens with zero attached hydrogens (tertiary/aromatic N) is 4. The fourth-order valence-corrected chi connectivity index (χ4v) is 4.58. The summed E-state index contributed by atoms with van der Waals surface area (Å²) in [5.41, 5.74) is 4.89. The van der Waals surface area contributed by atoms with Crippen LogP contribution in [0.15, 0.2) is 24.3 Å². The Labute approximate surface area is 186 Å². The highest BCUT2D eigenvalue weighted by atomic mass is 35.5. The van der Waals surface area contributed by atoms with Gasteiger partial charge in [-0.05, 0) is 58.3 Å². The van der Waals surface area contributed by atoms with Crippen LogP contribution < -0.4 is 10.1 Å². The highest BCUT2D eigenvalue weighted by Gasteiger charge is 2.31. The predicted octanol–water partition coefficient (Wildman–Crippen LogP) is 3.68. The summed E-state index contributed by atoms with van der Waals surface area (Å²) in [6.45, 7) is 6.72. The number of carbonyl (C=O) groups is 1. The maximum absolute atomic E-state index is 13.4. The van der Waals surface area contributed by atoms with Crippen LogP contribution in [-0.4, -0.2) is 44.6 Å². The summed E-state index contributed by atoms with van der Waals surface area (Å²) in [5.74, 6) is 0.621. The highest BCUT2D eigenvalue weighted by Crippen LogP contribution is 2.31. The SMILES string of the molecule is Cc1nc2c3c(nn2c(C)c1Cl)CN(C(=O)c1ccccc1OC1CCCNCC1)C3. The highest BCUT2D eigenvalue weighted by molar-refractivity contribution is 6.31. The Morgan fingerprint density at radius 2 is 2.03 bits per heavy atom. The topological polar surface area (TPSA) is 71.8 Å². The van der Waals surface area contributed by atoms with Gasteiger partial charge in [0.05, 0.1) is 46.9 Å². The van der Waals surface area contributed by atoms with Crippen LogP contribution in [0.25, 0.3) is 5.65 Å². The first kappa shape index (κ1) is 20.3. The van der Waals surface area contributed by atoms with Gasteiger partial charge in [-0.3, -0.25) is 4.79 Å². The molecule has 0 saturated carbocycles. The molecule has 1 N–H and O–H groups in total. The third-order valence-corrected chi connectivity index (χ3v) is 6.72. The average Bonchev–Trinajstić information content (AvgIpc) is 3.22. The van der Waals surface area contributed by atoms with Crippen LogP contribution in [0.5, 0.6) is 5.75 Å². The Hall–Kier alpha value is -2.64. The van der Waals surface area contributed by atoms with Crippen LogP contribution in [0.4, 0.5) is 0 Å². The molecule has 2 aromatic heterocycles. The molecule has 0 aliphatic carbocycles. The first-order valence-corrected chi connectivity index (χ1v) is 11.2. The summed E-state index contributed by atoms with van der Waals surface area (Å²) < 4.78 is 8.08. The van der Waals surface area contributed by atoms with Crippen molar-refractivity contribution in [3.63, 3.8) is 0 Å². The fraction of sp³-hybridized carbons (Fsp3) is 0.435. The van der Waals surface area contributed by atoms with Crippen molar-refractivity contribution in [2.24, 2.45) is 0 Å². The molecule has 1 saturated heterocycles. The summed E-state index contributed by atoms with van der Waals surface area (Å²) in [7, 11) is 0. The second-order valence-electron chi connectivity index (χ2n) is 8.34. The van der Waals surface area contributed by atoms with Crippen molar-refractivity contribution in [2.75, 3.05) is 13.1 Å². The van der Waals surface area contributed by atoms with Gasteiger partial charge in [0.15, 0.2) is 5.65 Å². The van der Waals surface area contributed by atoms with Gasteiger partial charge in [0.1, 0.15) is 5.75 Å². The third-order valence-electron chi connectivity index (χ3n) is 6.18. The number of carbonyl (C=O) groups excluding carboxylic acids is 1. The molecule has 31 heavy (non-hydrogen) atoms. The number of ether oxygens (including phenoxy) is 1. The van der Waals surface area contributed by atoms with Gasteiger partial charge in [0.2, 0.25) is 0 Å². The largest absolute Gasteiger partial charge is 0.490 e. The summed E-state index contributed by atoms with van der Waals surface area (Å²) in [6.07, 6.45) is 3.15. The maximum atomic E-state index is 13.4. The lowest BCUT2D eigenvalue weighted by molar-refractivity contribution is 0.0741.